The zero-order valence-corrected chi connectivity index (χ0v) is 19.3. The molecule has 33 heavy (non-hydrogen) atoms. The first-order chi connectivity index (χ1) is 15.8. The number of aromatic hydroxyl groups is 1. The molecule has 10 heteroatoms. The van der Waals surface area contributed by atoms with Crippen molar-refractivity contribution < 1.29 is 14.2 Å². The molecule has 8 nitrogen and oxygen atoms in total. The first kappa shape index (κ1) is 21.4. The van der Waals surface area contributed by atoms with Gasteiger partial charge in [0.2, 0.25) is 0 Å². The number of hydrogen-bond acceptors (Lipinski definition) is 7. The lowest BCUT2D eigenvalue weighted by Gasteiger charge is -2.34. The number of hydrogen-bond donors (Lipinski definition) is 4. The SMILES string of the molecule is O=c1c(C2=NS(O)(O)c3ccccc3N2)c(O)c2ccccc2n1N=Cc1ccc(Br)cc1. The number of aromatic nitrogens is 1. The van der Waals surface area contributed by atoms with Crippen LogP contribution >= 0.6 is 26.7 Å². The maximum Gasteiger partial charge on any atom is 0.286 e. The van der Waals surface area contributed by atoms with Crippen molar-refractivity contribution in [3.63, 3.8) is 0 Å². The minimum atomic E-state index is -3.58. The molecule has 1 aliphatic heterocycles. The summed E-state index contributed by atoms with van der Waals surface area (Å²) in [5.41, 5.74) is 0.663. The number of benzene rings is 3. The highest BCUT2D eigenvalue weighted by molar-refractivity contribution is 9.10. The van der Waals surface area contributed by atoms with Crippen LogP contribution in [0.4, 0.5) is 5.69 Å². The number of amidine groups is 1. The number of para-hydroxylation sites is 2. The predicted octanol–water partition coefficient (Wildman–Crippen LogP) is 5.25. The second kappa shape index (κ2) is 8.16. The first-order valence-electron chi connectivity index (χ1n) is 9.76. The van der Waals surface area contributed by atoms with Crippen molar-refractivity contribution in [3.8, 4) is 5.75 Å². The minimum absolute atomic E-state index is 0.144. The van der Waals surface area contributed by atoms with E-state index in [1.165, 1.54) is 6.21 Å². The van der Waals surface area contributed by atoms with Crippen LogP contribution in [0.2, 0.25) is 0 Å². The van der Waals surface area contributed by atoms with Crippen LogP contribution in [0.15, 0.2) is 96.5 Å². The van der Waals surface area contributed by atoms with Gasteiger partial charge in [-0.05, 0) is 42.0 Å². The summed E-state index contributed by atoms with van der Waals surface area (Å²) in [6, 6.07) is 20.7. The second-order valence-corrected chi connectivity index (χ2v) is 9.81. The van der Waals surface area contributed by atoms with Crippen molar-refractivity contribution in [2.24, 2.45) is 9.50 Å². The van der Waals surface area contributed by atoms with Gasteiger partial charge in [0.15, 0.2) is 5.84 Å². The Morgan fingerprint density at radius 1 is 1.00 bits per heavy atom. The summed E-state index contributed by atoms with van der Waals surface area (Å²) in [4.78, 5) is 13.7. The normalized spacial score (nSPS) is 15.7. The maximum absolute atomic E-state index is 13.5. The third-order valence-electron chi connectivity index (χ3n) is 5.11. The molecule has 0 saturated heterocycles. The third-order valence-corrected chi connectivity index (χ3v) is 7.03. The molecule has 0 atom stereocenters. The van der Waals surface area contributed by atoms with Crippen LogP contribution in [-0.2, 0) is 0 Å². The molecule has 4 aromatic rings. The van der Waals surface area contributed by atoms with E-state index in [0.29, 0.717) is 16.6 Å². The Kier molecular flexibility index (Phi) is 5.29. The average Bonchev–Trinajstić information content (AvgIpc) is 2.80. The van der Waals surface area contributed by atoms with Crippen molar-refractivity contribution in [2.75, 3.05) is 5.32 Å². The van der Waals surface area contributed by atoms with E-state index in [1.54, 1.807) is 48.5 Å². The molecule has 0 aliphatic carbocycles. The summed E-state index contributed by atoms with van der Waals surface area (Å²) in [5, 5.41) is 18.7. The topological polar surface area (TPSA) is 119 Å². The van der Waals surface area contributed by atoms with Gasteiger partial charge in [-0.3, -0.25) is 13.9 Å². The van der Waals surface area contributed by atoms with Gasteiger partial charge >= 0.3 is 0 Å². The highest BCUT2D eigenvalue weighted by Crippen LogP contribution is 2.55. The molecule has 0 radical (unpaired) electrons. The van der Waals surface area contributed by atoms with E-state index in [9.17, 15) is 19.0 Å². The highest BCUT2D eigenvalue weighted by Gasteiger charge is 2.30. The van der Waals surface area contributed by atoms with Crippen LogP contribution in [0.1, 0.15) is 11.1 Å². The summed E-state index contributed by atoms with van der Waals surface area (Å²) in [6.07, 6.45) is 1.53. The molecule has 3 aromatic carbocycles. The van der Waals surface area contributed by atoms with Gasteiger partial charge in [0, 0.05) is 9.86 Å². The van der Waals surface area contributed by atoms with E-state index in [-0.39, 0.29) is 22.0 Å². The summed E-state index contributed by atoms with van der Waals surface area (Å²) >= 11 is 3.38. The van der Waals surface area contributed by atoms with E-state index < -0.39 is 16.3 Å². The molecule has 1 aliphatic rings. The first-order valence-corrected chi connectivity index (χ1v) is 12.1. The minimum Gasteiger partial charge on any atom is -0.506 e. The van der Waals surface area contributed by atoms with Crippen molar-refractivity contribution in [1.82, 2.24) is 4.68 Å². The van der Waals surface area contributed by atoms with E-state index in [1.807, 2.05) is 24.3 Å². The van der Waals surface area contributed by atoms with Gasteiger partial charge in [-0.2, -0.15) is 9.78 Å². The smallest absolute Gasteiger partial charge is 0.286 e. The van der Waals surface area contributed by atoms with Crippen LogP contribution < -0.4 is 10.9 Å². The molecule has 4 N–H and O–H groups in total. The summed E-state index contributed by atoms with van der Waals surface area (Å²) in [5.74, 6) is -0.471. The molecular weight excluding hydrogens is 508 g/mol. The lowest BCUT2D eigenvalue weighted by Crippen LogP contribution is -2.31. The molecule has 0 bridgehead atoms. The fraction of sp³-hybridized carbons (Fsp3) is 0. The fourth-order valence-electron chi connectivity index (χ4n) is 3.55. The summed E-state index contributed by atoms with van der Waals surface area (Å²) in [7, 11) is -3.58. The van der Waals surface area contributed by atoms with Crippen molar-refractivity contribution in [2.45, 2.75) is 4.90 Å². The fourth-order valence-corrected chi connectivity index (χ4v) is 4.98. The van der Waals surface area contributed by atoms with E-state index in [0.717, 1.165) is 14.7 Å². The quantitative estimate of drug-likeness (QED) is 0.273. The van der Waals surface area contributed by atoms with Crippen LogP contribution in [0, 0.1) is 0 Å². The van der Waals surface area contributed by atoms with Crippen molar-refractivity contribution in [1.29, 1.82) is 0 Å². The van der Waals surface area contributed by atoms with Gasteiger partial charge in [0.25, 0.3) is 5.56 Å². The van der Waals surface area contributed by atoms with Crippen LogP contribution in [0.5, 0.6) is 5.75 Å². The van der Waals surface area contributed by atoms with Crippen molar-refractivity contribution in [3.05, 3.63) is 98.7 Å². The molecule has 166 valence electrons. The van der Waals surface area contributed by atoms with E-state index in [4.69, 9.17) is 0 Å². The van der Waals surface area contributed by atoms with Crippen LogP contribution in [0.25, 0.3) is 10.9 Å². The van der Waals surface area contributed by atoms with E-state index >= 15 is 0 Å². The van der Waals surface area contributed by atoms with E-state index in [2.05, 4.69) is 30.7 Å². The molecule has 0 fully saturated rings. The number of pyridine rings is 1. The van der Waals surface area contributed by atoms with Gasteiger partial charge in [0.05, 0.1) is 17.4 Å². The Morgan fingerprint density at radius 3 is 2.48 bits per heavy atom. The number of rotatable bonds is 3. The third kappa shape index (κ3) is 3.83. The Hall–Kier alpha value is -3.44. The van der Waals surface area contributed by atoms with Crippen LogP contribution in [0.3, 0.4) is 0 Å². The van der Waals surface area contributed by atoms with Gasteiger partial charge in [-0.1, -0.05) is 63.1 Å². The molecule has 1 aromatic heterocycles. The molecule has 0 amide bonds. The Labute approximate surface area is 198 Å². The summed E-state index contributed by atoms with van der Waals surface area (Å²) in [6.45, 7) is 0. The van der Waals surface area contributed by atoms with Gasteiger partial charge in [0.1, 0.15) is 16.2 Å². The highest BCUT2D eigenvalue weighted by atomic mass is 79.9. The number of nitrogens with one attached hydrogen (secondary N) is 1. The molecule has 5 rings (SSSR count). The monoisotopic (exact) mass is 524 g/mol. The Balaban J connectivity index is 1.72. The van der Waals surface area contributed by atoms with Crippen LogP contribution in [-0.4, -0.2) is 30.9 Å². The molecule has 0 unspecified atom stereocenters. The average molecular weight is 525 g/mol. The molecule has 2 heterocycles. The lowest BCUT2D eigenvalue weighted by atomic mass is 10.1. The zero-order valence-electron chi connectivity index (χ0n) is 16.9. The Morgan fingerprint density at radius 2 is 1.70 bits per heavy atom. The molecular formula is C23H17BrN4O4S. The van der Waals surface area contributed by atoms with Gasteiger partial charge in [-0.25, -0.2) is 0 Å². The standard InChI is InChI=1S/C23H17BrN4O4S/c24-15-11-9-14(10-12-15)13-25-28-18-7-3-1-5-16(18)21(29)20(23(28)30)22-26-17-6-2-4-8-19(17)33(31,32)27-22/h1-13,29,31-32H,(H,26,27). The Bertz CT molecular complexity index is 1510. The second-order valence-electron chi connectivity index (χ2n) is 7.23. The predicted molar refractivity (Wildman–Crippen MR) is 135 cm³/mol. The lowest BCUT2D eigenvalue weighted by molar-refractivity contribution is 0.478. The summed E-state index contributed by atoms with van der Waals surface area (Å²) < 4.78 is 27.2. The number of halogens is 1. The van der Waals surface area contributed by atoms with Crippen molar-refractivity contribution >= 4 is 55.3 Å². The number of anilines is 1. The number of nitrogens with zero attached hydrogens (tertiary/aromatic N) is 3. The number of fused-ring (bicyclic) bond motifs is 2. The zero-order chi connectivity index (χ0) is 23.2. The van der Waals surface area contributed by atoms with Gasteiger partial charge in [-0.15, -0.1) is 4.40 Å². The molecule has 0 saturated carbocycles. The molecule has 0 spiro atoms. The van der Waals surface area contributed by atoms with Gasteiger partial charge < -0.3 is 10.4 Å². The largest absolute Gasteiger partial charge is 0.506 e. The maximum atomic E-state index is 13.5.